The number of nitrogens with zero attached hydrogens (tertiary/aromatic N) is 4. The van der Waals surface area contributed by atoms with E-state index in [1.807, 2.05) is 31.4 Å². The average molecular weight is 575 g/mol. The number of anilines is 1. The molecule has 2 unspecified atom stereocenters. The van der Waals surface area contributed by atoms with Crippen molar-refractivity contribution in [3.05, 3.63) is 64.0 Å². The molecule has 2 aromatic carbocycles. The van der Waals surface area contributed by atoms with Gasteiger partial charge in [0.05, 0.1) is 23.2 Å². The minimum Gasteiger partial charge on any atom is -0.488 e. The average Bonchev–Trinajstić information content (AvgIpc) is 3.47. The summed E-state index contributed by atoms with van der Waals surface area (Å²) in [5.41, 5.74) is 4.52. The number of carboxylic acids is 1. The van der Waals surface area contributed by atoms with Crippen LogP contribution in [0.5, 0.6) is 5.75 Å². The lowest BCUT2D eigenvalue weighted by atomic mass is 9.92. The van der Waals surface area contributed by atoms with Crippen LogP contribution in [0.15, 0.2) is 41.8 Å². The van der Waals surface area contributed by atoms with E-state index in [0.29, 0.717) is 48.6 Å². The predicted octanol–water partition coefficient (Wildman–Crippen LogP) is 6.17. The lowest BCUT2D eigenvalue weighted by Crippen LogP contribution is -2.42. The number of aliphatic carboxylic acids is 1. The first-order valence-electron chi connectivity index (χ1n) is 14.1. The van der Waals surface area contributed by atoms with E-state index in [0.717, 1.165) is 28.1 Å². The summed E-state index contributed by atoms with van der Waals surface area (Å²) in [6.45, 7) is 7.56. The Balaban J connectivity index is 0.000000483. The summed E-state index contributed by atoms with van der Waals surface area (Å²) in [5, 5.41) is 21.5. The van der Waals surface area contributed by atoms with Crippen LogP contribution < -0.4 is 9.64 Å². The lowest BCUT2D eigenvalue weighted by Gasteiger charge is -2.36. The number of aryl methyl sites for hydroxylation is 1. The topological polar surface area (TPSA) is 107 Å². The van der Waals surface area contributed by atoms with Crippen LogP contribution in [-0.2, 0) is 11.4 Å². The van der Waals surface area contributed by atoms with Gasteiger partial charge in [-0.05, 0) is 95.1 Å². The minimum absolute atomic E-state index is 0.0762. The number of carbonyl (C=O) groups excluding carboxylic acids is 1. The van der Waals surface area contributed by atoms with Gasteiger partial charge in [-0.1, -0.05) is 18.6 Å². The van der Waals surface area contributed by atoms with Crippen molar-refractivity contribution < 1.29 is 19.4 Å². The number of aromatic nitrogens is 1. The number of ether oxygens (including phenoxy) is 1. The molecule has 2 aliphatic rings. The number of piperidine rings is 2. The minimum atomic E-state index is -0.738. The van der Waals surface area contributed by atoms with Gasteiger partial charge in [-0.25, -0.2) is 4.98 Å². The van der Waals surface area contributed by atoms with Crippen molar-refractivity contribution in [3.8, 4) is 23.1 Å². The molecule has 0 radical (unpaired) electrons. The molecule has 0 aliphatic carbocycles. The molecule has 2 atom stereocenters. The van der Waals surface area contributed by atoms with E-state index in [-0.39, 0.29) is 12.0 Å². The van der Waals surface area contributed by atoms with Gasteiger partial charge in [0.1, 0.15) is 18.6 Å². The number of hydrogen-bond acceptors (Lipinski definition) is 8. The molecule has 0 bridgehead atoms. The van der Waals surface area contributed by atoms with Crippen LogP contribution in [0.4, 0.5) is 5.13 Å². The van der Waals surface area contributed by atoms with Crippen LogP contribution in [-0.4, -0.2) is 60.0 Å². The Kier molecular flexibility index (Phi) is 10.5. The molecule has 9 heteroatoms. The molecule has 2 fully saturated rings. The van der Waals surface area contributed by atoms with Crippen LogP contribution in [0.2, 0.25) is 0 Å². The van der Waals surface area contributed by atoms with E-state index in [9.17, 15) is 20.0 Å². The predicted molar refractivity (Wildman–Crippen MR) is 162 cm³/mol. The van der Waals surface area contributed by atoms with Gasteiger partial charge < -0.3 is 19.6 Å². The fourth-order valence-corrected chi connectivity index (χ4v) is 6.24. The number of benzene rings is 2. The summed E-state index contributed by atoms with van der Waals surface area (Å²) in [6, 6.07) is 13.0. The van der Waals surface area contributed by atoms with Crippen molar-refractivity contribution >= 4 is 28.7 Å². The zero-order valence-electron chi connectivity index (χ0n) is 24.0. The van der Waals surface area contributed by atoms with Crippen molar-refractivity contribution in [2.75, 3.05) is 31.6 Å². The maximum atomic E-state index is 11.4. The van der Waals surface area contributed by atoms with Gasteiger partial charge in [0.2, 0.25) is 0 Å². The fraction of sp³-hybridized carbons (Fsp3) is 0.438. The molecule has 1 N–H and O–H groups in total. The zero-order chi connectivity index (χ0) is 29.4. The molecule has 2 aliphatic heterocycles. The molecule has 0 amide bonds. The smallest absolute Gasteiger partial charge is 0.306 e. The van der Waals surface area contributed by atoms with Gasteiger partial charge >= 0.3 is 5.97 Å². The number of carbonyl (C=O) groups is 2. The van der Waals surface area contributed by atoms with Crippen molar-refractivity contribution in [1.29, 1.82) is 5.26 Å². The van der Waals surface area contributed by atoms with Crippen LogP contribution in [0.3, 0.4) is 0 Å². The van der Waals surface area contributed by atoms with E-state index in [1.54, 1.807) is 24.3 Å². The Bertz CT molecular complexity index is 1390. The normalized spacial score (nSPS) is 19.0. The number of nitriles is 1. The van der Waals surface area contributed by atoms with E-state index in [1.165, 1.54) is 43.7 Å². The molecule has 216 valence electrons. The quantitative estimate of drug-likeness (QED) is 0.334. The molecule has 3 aromatic rings. The molecular formula is C32H38N4O4S. The Morgan fingerprint density at radius 2 is 1.98 bits per heavy atom. The summed E-state index contributed by atoms with van der Waals surface area (Å²) >= 11 is 1.50. The van der Waals surface area contributed by atoms with E-state index in [2.05, 4.69) is 22.9 Å². The van der Waals surface area contributed by atoms with E-state index >= 15 is 0 Å². The highest BCUT2D eigenvalue weighted by molar-refractivity contribution is 7.14. The van der Waals surface area contributed by atoms with Gasteiger partial charge in [0.25, 0.3) is 0 Å². The molecular weight excluding hydrogens is 536 g/mol. The SMILES string of the molecule is CN1CCCCC1.Cc1cc(C=O)ccc1COc1ccc(C#N)cc1-c1csc(N2CCC(C(=O)O)CC2C)n1. The largest absolute Gasteiger partial charge is 0.488 e. The monoisotopic (exact) mass is 574 g/mol. The highest BCUT2D eigenvalue weighted by atomic mass is 32.1. The number of rotatable bonds is 7. The van der Waals surface area contributed by atoms with E-state index in [4.69, 9.17) is 9.72 Å². The number of hydrogen-bond donors (Lipinski definition) is 1. The number of thiazole rings is 1. The Hall–Kier alpha value is -3.74. The number of aldehydes is 1. The molecule has 3 heterocycles. The number of carboxylic acid groups (broad SMARTS) is 1. The third-order valence-electron chi connectivity index (χ3n) is 7.81. The highest BCUT2D eigenvalue weighted by Gasteiger charge is 2.31. The lowest BCUT2D eigenvalue weighted by molar-refractivity contribution is -0.142. The first-order chi connectivity index (χ1) is 19.8. The summed E-state index contributed by atoms with van der Waals surface area (Å²) < 4.78 is 6.14. The third kappa shape index (κ3) is 7.93. The summed E-state index contributed by atoms with van der Waals surface area (Å²) in [7, 11) is 2.19. The standard InChI is InChI=1S/C26H25N3O4S.C6H13N/c1-16-9-19(13-30)3-5-21(16)14-33-24-6-4-18(12-27)11-22(24)23-15-34-26(28-23)29-8-7-20(25(31)32)10-17(29)2;1-7-5-3-2-4-6-7/h3-6,9,11,13,15,17,20H,7-8,10,14H2,1-2H3,(H,31,32);2-6H2,1H3. The molecule has 0 spiro atoms. The second-order valence-corrected chi connectivity index (χ2v) is 11.7. The Labute approximate surface area is 246 Å². The first kappa shape index (κ1) is 30.2. The zero-order valence-corrected chi connectivity index (χ0v) is 24.8. The summed E-state index contributed by atoms with van der Waals surface area (Å²) in [4.78, 5) is 31.7. The van der Waals surface area contributed by atoms with Crippen LogP contribution in [0.25, 0.3) is 11.3 Å². The highest BCUT2D eigenvalue weighted by Crippen LogP contribution is 2.37. The Morgan fingerprint density at radius 3 is 2.59 bits per heavy atom. The third-order valence-corrected chi connectivity index (χ3v) is 8.69. The van der Waals surface area contributed by atoms with Crippen molar-refractivity contribution in [2.24, 2.45) is 5.92 Å². The summed E-state index contributed by atoms with van der Waals surface area (Å²) in [5.74, 6) is -0.438. The second kappa shape index (κ2) is 14.2. The molecule has 2 saturated heterocycles. The molecule has 5 rings (SSSR count). The summed E-state index contributed by atoms with van der Waals surface area (Å²) in [6.07, 6.45) is 6.28. The van der Waals surface area contributed by atoms with Gasteiger partial charge in [-0.2, -0.15) is 5.26 Å². The maximum absolute atomic E-state index is 11.4. The van der Waals surface area contributed by atoms with Crippen LogP contribution >= 0.6 is 11.3 Å². The van der Waals surface area contributed by atoms with Crippen molar-refractivity contribution in [1.82, 2.24) is 9.88 Å². The molecule has 1 aromatic heterocycles. The van der Waals surface area contributed by atoms with Gasteiger partial charge in [-0.15, -0.1) is 11.3 Å². The van der Waals surface area contributed by atoms with Gasteiger partial charge in [0.15, 0.2) is 5.13 Å². The maximum Gasteiger partial charge on any atom is 0.306 e. The van der Waals surface area contributed by atoms with Crippen LogP contribution in [0, 0.1) is 24.2 Å². The molecule has 8 nitrogen and oxygen atoms in total. The fourth-order valence-electron chi connectivity index (χ4n) is 5.29. The number of likely N-dealkylation sites (tertiary alicyclic amines) is 1. The van der Waals surface area contributed by atoms with Gasteiger partial charge in [-0.3, -0.25) is 9.59 Å². The van der Waals surface area contributed by atoms with Crippen molar-refractivity contribution in [2.45, 2.75) is 58.6 Å². The first-order valence-corrected chi connectivity index (χ1v) is 15.0. The Morgan fingerprint density at radius 1 is 1.20 bits per heavy atom. The van der Waals surface area contributed by atoms with Gasteiger partial charge in [0, 0.05) is 29.1 Å². The van der Waals surface area contributed by atoms with Crippen molar-refractivity contribution in [3.63, 3.8) is 0 Å². The molecule has 0 saturated carbocycles. The molecule has 41 heavy (non-hydrogen) atoms. The van der Waals surface area contributed by atoms with Crippen LogP contribution in [0.1, 0.15) is 66.1 Å². The van der Waals surface area contributed by atoms with E-state index < -0.39 is 5.97 Å². The second-order valence-electron chi connectivity index (χ2n) is 10.9.